The van der Waals surface area contributed by atoms with Gasteiger partial charge in [0.2, 0.25) is 0 Å². The van der Waals surface area contributed by atoms with Crippen molar-refractivity contribution in [2.24, 2.45) is 11.7 Å². The molecule has 10 heteroatoms. The Hall–Kier alpha value is -3.14. The van der Waals surface area contributed by atoms with E-state index in [4.69, 9.17) is 29.4 Å². The van der Waals surface area contributed by atoms with Crippen molar-refractivity contribution in [2.45, 2.75) is 59.6 Å². The second-order valence-electron chi connectivity index (χ2n) is 7.62. The SMILES string of the molecule is CC(=O)Oc1ccc(C[C@H](N)C(=O)OC[C@H](C)OC(=O)OCCC(C)C)cc1OC(C)=O. The third kappa shape index (κ3) is 10.8. The molecule has 0 saturated heterocycles. The van der Waals surface area contributed by atoms with E-state index in [2.05, 4.69) is 0 Å². The van der Waals surface area contributed by atoms with Gasteiger partial charge in [0, 0.05) is 13.8 Å². The highest BCUT2D eigenvalue weighted by Gasteiger charge is 2.20. The van der Waals surface area contributed by atoms with Crippen molar-refractivity contribution < 1.29 is 42.9 Å². The zero-order valence-corrected chi connectivity index (χ0v) is 19.0. The molecule has 0 amide bonds. The van der Waals surface area contributed by atoms with Gasteiger partial charge in [0.1, 0.15) is 18.8 Å². The van der Waals surface area contributed by atoms with Crippen molar-refractivity contribution in [1.29, 1.82) is 0 Å². The monoisotopic (exact) mass is 453 g/mol. The average molecular weight is 453 g/mol. The smallest absolute Gasteiger partial charge is 0.461 e. The van der Waals surface area contributed by atoms with Gasteiger partial charge in [-0.25, -0.2) is 4.79 Å². The van der Waals surface area contributed by atoms with Crippen LogP contribution in [0.2, 0.25) is 0 Å². The molecule has 0 heterocycles. The van der Waals surface area contributed by atoms with Gasteiger partial charge in [-0.05, 0) is 43.4 Å². The lowest BCUT2D eigenvalue weighted by Crippen LogP contribution is -2.36. The van der Waals surface area contributed by atoms with Gasteiger partial charge in [-0.2, -0.15) is 0 Å². The number of hydrogen-bond acceptors (Lipinski definition) is 10. The third-order valence-electron chi connectivity index (χ3n) is 3.95. The quantitative estimate of drug-likeness (QED) is 0.392. The van der Waals surface area contributed by atoms with Crippen LogP contribution in [0.15, 0.2) is 18.2 Å². The van der Waals surface area contributed by atoms with Crippen LogP contribution >= 0.6 is 0 Å². The molecular formula is C22H31NO9. The Morgan fingerprint density at radius 1 is 0.938 bits per heavy atom. The highest BCUT2D eigenvalue weighted by Crippen LogP contribution is 2.29. The molecule has 0 aliphatic carbocycles. The number of carbonyl (C=O) groups is 4. The predicted octanol–water partition coefficient (Wildman–Crippen LogP) is 2.54. The van der Waals surface area contributed by atoms with E-state index in [9.17, 15) is 19.2 Å². The van der Waals surface area contributed by atoms with Gasteiger partial charge in [0.25, 0.3) is 0 Å². The van der Waals surface area contributed by atoms with Crippen LogP contribution in [-0.2, 0) is 35.0 Å². The maximum absolute atomic E-state index is 12.2. The Balaban J connectivity index is 2.57. The van der Waals surface area contributed by atoms with E-state index < -0.39 is 36.2 Å². The van der Waals surface area contributed by atoms with Crippen molar-refractivity contribution in [3.05, 3.63) is 23.8 Å². The topological polar surface area (TPSA) is 140 Å². The summed E-state index contributed by atoms with van der Waals surface area (Å²) in [4.78, 5) is 46.3. The van der Waals surface area contributed by atoms with Crippen molar-refractivity contribution in [2.75, 3.05) is 13.2 Å². The Labute approximate surface area is 187 Å². The molecule has 1 aromatic rings. The maximum atomic E-state index is 12.2. The highest BCUT2D eigenvalue weighted by molar-refractivity contribution is 5.76. The predicted molar refractivity (Wildman–Crippen MR) is 113 cm³/mol. The van der Waals surface area contributed by atoms with Crippen LogP contribution in [0.4, 0.5) is 4.79 Å². The van der Waals surface area contributed by atoms with Crippen LogP contribution in [0.3, 0.4) is 0 Å². The minimum Gasteiger partial charge on any atom is -0.461 e. The first-order chi connectivity index (χ1) is 15.0. The maximum Gasteiger partial charge on any atom is 0.508 e. The van der Waals surface area contributed by atoms with Crippen LogP contribution < -0.4 is 15.2 Å². The molecule has 0 aliphatic rings. The number of benzene rings is 1. The lowest BCUT2D eigenvalue weighted by molar-refractivity contribution is -0.148. The largest absolute Gasteiger partial charge is 0.508 e. The first-order valence-electron chi connectivity index (χ1n) is 10.2. The number of ether oxygens (including phenoxy) is 5. The van der Waals surface area contributed by atoms with Gasteiger partial charge in [0.05, 0.1) is 6.61 Å². The molecule has 1 rings (SSSR count). The summed E-state index contributed by atoms with van der Waals surface area (Å²) in [6.45, 7) is 8.05. The Bertz CT molecular complexity index is 807. The van der Waals surface area contributed by atoms with E-state index in [1.807, 2.05) is 13.8 Å². The fourth-order valence-corrected chi connectivity index (χ4v) is 2.41. The molecular weight excluding hydrogens is 422 g/mol. The lowest BCUT2D eigenvalue weighted by Gasteiger charge is -2.16. The summed E-state index contributed by atoms with van der Waals surface area (Å²) in [7, 11) is 0. The van der Waals surface area contributed by atoms with Crippen LogP contribution in [-0.4, -0.2) is 49.4 Å². The summed E-state index contributed by atoms with van der Waals surface area (Å²) >= 11 is 0. The molecule has 0 spiro atoms. The molecule has 0 unspecified atom stereocenters. The van der Waals surface area contributed by atoms with E-state index in [0.717, 1.165) is 0 Å². The fraction of sp³-hybridized carbons (Fsp3) is 0.545. The summed E-state index contributed by atoms with van der Waals surface area (Å²) in [5.74, 6) is -1.39. The number of nitrogens with two attached hydrogens (primary N) is 1. The van der Waals surface area contributed by atoms with Crippen LogP contribution in [0.5, 0.6) is 11.5 Å². The van der Waals surface area contributed by atoms with Gasteiger partial charge in [-0.1, -0.05) is 19.9 Å². The van der Waals surface area contributed by atoms with Crippen LogP contribution in [0.1, 0.15) is 46.6 Å². The number of hydrogen-bond donors (Lipinski definition) is 1. The Morgan fingerprint density at radius 3 is 2.16 bits per heavy atom. The zero-order chi connectivity index (χ0) is 24.3. The molecule has 2 N–H and O–H groups in total. The van der Waals surface area contributed by atoms with Crippen molar-refractivity contribution in [3.8, 4) is 11.5 Å². The second-order valence-corrected chi connectivity index (χ2v) is 7.62. The minimum atomic E-state index is -1.02. The average Bonchev–Trinajstić information content (AvgIpc) is 2.67. The van der Waals surface area contributed by atoms with Gasteiger partial charge < -0.3 is 29.4 Å². The molecule has 0 aliphatic heterocycles. The van der Waals surface area contributed by atoms with Crippen molar-refractivity contribution in [1.82, 2.24) is 0 Å². The molecule has 10 nitrogen and oxygen atoms in total. The zero-order valence-electron chi connectivity index (χ0n) is 19.0. The summed E-state index contributed by atoms with van der Waals surface area (Å²) < 4.78 is 25.1. The van der Waals surface area contributed by atoms with Gasteiger partial charge in [-0.3, -0.25) is 14.4 Å². The van der Waals surface area contributed by atoms with Gasteiger partial charge in [0.15, 0.2) is 11.5 Å². The van der Waals surface area contributed by atoms with Crippen LogP contribution in [0.25, 0.3) is 0 Å². The molecule has 0 aromatic heterocycles. The van der Waals surface area contributed by atoms with Crippen LogP contribution in [0, 0.1) is 5.92 Å². The second kappa shape index (κ2) is 13.3. The Kier molecular flexibility index (Phi) is 11.2. The molecule has 0 radical (unpaired) electrons. The van der Waals surface area contributed by atoms with E-state index in [0.29, 0.717) is 17.9 Å². The fourth-order valence-electron chi connectivity index (χ4n) is 2.41. The molecule has 1 aromatic carbocycles. The minimum absolute atomic E-state index is 0.0313. The molecule has 178 valence electrons. The van der Waals surface area contributed by atoms with Gasteiger partial charge >= 0.3 is 24.1 Å². The van der Waals surface area contributed by atoms with E-state index in [-0.39, 0.29) is 31.1 Å². The summed E-state index contributed by atoms with van der Waals surface area (Å²) in [6, 6.07) is 3.45. The molecule has 0 saturated carbocycles. The first kappa shape index (κ1) is 26.9. The lowest BCUT2D eigenvalue weighted by atomic mass is 10.1. The number of rotatable bonds is 11. The van der Waals surface area contributed by atoms with Gasteiger partial charge in [-0.15, -0.1) is 0 Å². The van der Waals surface area contributed by atoms with E-state index >= 15 is 0 Å². The molecule has 2 atom stereocenters. The molecule has 0 bridgehead atoms. The number of carbonyl (C=O) groups excluding carboxylic acids is 4. The number of esters is 3. The van der Waals surface area contributed by atoms with Crippen molar-refractivity contribution in [3.63, 3.8) is 0 Å². The first-order valence-corrected chi connectivity index (χ1v) is 10.2. The van der Waals surface area contributed by atoms with Crippen molar-refractivity contribution >= 4 is 24.1 Å². The third-order valence-corrected chi connectivity index (χ3v) is 3.95. The van der Waals surface area contributed by atoms with E-state index in [1.54, 1.807) is 13.0 Å². The summed E-state index contributed by atoms with van der Waals surface area (Å²) in [5.41, 5.74) is 6.46. The summed E-state index contributed by atoms with van der Waals surface area (Å²) in [6.07, 6.45) is -0.755. The standard InChI is InChI=1S/C22H31NO9/c1-13(2)8-9-28-22(27)30-14(3)12-29-21(26)18(23)10-17-6-7-19(31-15(4)24)20(11-17)32-16(5)25/h6-7,11,13-14,18H,8-10,12,23H2,1-5H3/t14-,18-/m0/s1. The highest BCUT2D eigenvalue weighted by atomic mass is 16.7. The van der Waals surface area contributed by atoms with E-state index in [1.165, 1.54) is 26.0 Å². The Morgan fingerprint density at radius 2 is 1.56 bits per heavy atom. The molecule has 32 heavy (non-hydrogen) atoms. The normalized spacial score (nSPS) is 12.5. The summed E-state index contributed by atoms with van der Waals surface area (Å²) in [5, 5.41) is 0. The molecule has 0 fully saturated rings.